The number of anilines is 1. The number of nitrogens with zero attached hydrogens (tertiary/aromatic N) is 1. The van der Waals surface area contributed by atoms with Crippen molar-refractivity contribution in [1.29, 1.82) is 5.26 Å². The van der Waals surface area contributed by atoms with Crippen LogP contribution in [-0.4, -0.2) is 8.42 Å². The molecule has 0 bridgehead atoms. The van der Waals surface area contributed by atoms with E-state index in [1.807, 2.05) is 25.1 Å². The number of aryl methyl sites for hydroxylation is 1. The van der Waals surface area contributed by atoms with Crippen LogP contribution in [0.15, 0.2) is 77.7 Å². The van der Waals surface area contributed by atoms with Crippen molar-refractivity contribution in [3.8, 4) is 17.2 Å². The molecule has 0 heterocycles. The SMILES string of the molecule is Cc1ccc(S(=O)(=O)Nc2cccc(-c3ccc(C#N)cc3)c2)cc1. The molecule has 1 N–H and O–H groups in total. The molecule has 0 saturated heterocycles. The van der Waals surface area contributed by atoms with Crippen LogP contribution < -0.4 is 4.72 Å². The highest BCUT2D eigenvalue weighted by molar-refractivity contribution is 7.92. The van der Waals surface area contributed by atoms with E-state index in [9.17, 15) is 8.42 Å². The fourth-order valence-corrected chi connectivity index (χ4v) is 3.48. The Morgan fingerprint density at radius 2 is 1.56 bits per heavy atom. The van der Waals surface area contributed by atoms with Gasteiger partial charge < -0.3 is 0 Å². The molecule has 3 rings (SSSR count). The molecular formula is C20H16N2O2S. The summed E-state index contributed by atoms with van der Waals surface area (Å²) in [6, 6.07) is 23.1. The van der Waals surface area contributed by atoms with E-state index in [0.29, 0.717) is 11.3 Å². The Morgan fingerprint density at radius 1 is 0.880 bits per heavy atom. The maximum absolute atomic E-state index is 12.5. The van der Waals surface area contributed by atoms with Crippen molar-refractivity contribution >= 4 is 15.7 Å². The molecule has 0 amide bonds. The zero-order valence-corrected chi connectivity index (χ0v) is 14.4. The zero-order valence-electron chi connectivity index (χ0n) is 13.6. The van der Waals surface area contributed by atoms with Crippen molar-refractivity contribution < 1.29 is 8.42 Å². The summed E-state index contributed by atoms with van der Waals surface area (Å²) in [5.74, 6) is 0. The van der Waals surface area contributed by atoms with E-state index in [0.717, 1.165) is 16.7 Å². The molecule has 3 aromatic rings. The minimum Gasteiger partial charge on any atom is -0.280 e. The average Bonchev–Trinajstić information content (AvgIpc) is 2.62. The van der Waals surface area contributed by atoms with Gasteiger partial charge in [0, 0.05) is 5.69 Å². The number of rotatable bonds is 4. The highest BCUT2D eigenvalue weighted by Gasteiger charge is 2.14. The van der Waals surface area contributed by atoms with E-state index in [1.165, 1.54) is 0 Å². The first-order valence-electron chi connectivity index (χ1n) is 7.68. The lowest BCUT2D eigenvalue weighted by Crippen LogP contribution is -2.12. The summed E-state index contributed by atoms with van der Waals surface area (Å²) in [6.07, 6.45) is 0. The molecule has 124 valence electrons. The molecule has 4 nitrogen and oxygen atoms in total. The molecule has 0 unspecified atom stereocenters. The van der Waals surface area contributed by atoms with Crippen LogP contribution in [0.3, 0.4) is 0 Å². The Labute approximate surface area is 147 Å². The predicted molar refractivity (Wildman–Crippen MR) is 98.6 cm³/mol. The molecule has 3 aromatic carbocycles. The molecule has 0 spiro atoms. The highest BCUT2D eigenvalue weighted by Crippen LogP contribution is 2.24. The molecular weight excluding hydrogens is 332 g/mol. The predicted octanol–water partition coefficient (Wildman–Crippen LogP) is 4.33. The number of hydrogen-bond acceptors (Lipinski definition) is 3. The number of nitriles is 1. The number of hydrogen-bond donors (Lipinski definition) is 1. The van der Waals surface area contributed by atoms with Gasteiger partial charge in [-0.15, -0.1) is 0 Å². The molecule has 0 atom stereocenters. The van der Waals surface area contributed by atoms with Crippen LogP contribution in [0.25, 0.3) is 11.1 Å². The third kappa shape index (κ3) is 3.87. The van der Waals surface area contributed by atoms with E-state index < -0.39 is 10.0 Å². The smallest absolute Gasteiger partial charge is 0.261 e. The summed E-state index contributed by atoms with van der Waals surface area (Å²) in [4.78, 5) is 0.224. The van der Waals surface area contributed by atoms with Crippen LogP contribution in [0.2, 0.25) is 0 Å². The number of nitrogens with one attached hydrogen (secondary N) is 1. The largest absolute Gasteiger partial charge is 0.280 e. The number of benzene rings is 3. The highest BCUT2D eigenvalue weighted by atomic mass is 32.2. The fourth-order valence-electron chi connectivity index (χ4n) is 2.43. The van der Waals surface area contributed by atoms with E-state index in [-0.39, 0.29) is 4.90 Å². The van der Waals surface area contributed by atoms with Crippen molar-refractivity contribution in [3.05, 3.63) is 83.9 Å². The third-order valence-electron chi connectivity index (χ3n) is 3.79. The Balaban J connectivity index is 1.88. The quantitative estimate of drug-likeness (QED) is 0.763. The second-order valence-corrected chi connectivity index (χ2v) is 7.37. The Hall–Kier alpha value is -3.10. The molecule has 0 aliphatic heterocycles. The molecule has 25 heavy (non-hydrogen) atoms. The first-order valence-corrected chi connectivity index (χ1v) is 9.16. The lowest BCUT2D eigenvalue weighted by atomic mass is 10.0. The van der Waals surface area contributed by atoms with Gasteiger partial charge in [-0.3, -0.25) is 4.72 Å². The van der Waals surface area contributed by atoms with E-state index in [2.05, 4.69) is 10.8 Å². The monoisotopic (exact) mass is 348 g/mol. The first kappa shape index (κ1) is 16.7. The summed E-state index contributed by atoms with van der Waals surface area (Å²) in [5.41, 5.74) is 3.85. The number of sulfonamides is 1. The molecule has 0 saturated carbocycles. The summed E-state index contributed by atoms with van der Waals surface area (Å²) >= 11 is 0. The van der Waals surface area contributed by atoms with Crippen molar-refractivity contribution in [1.82, 2.24) is 0 Å². The Kier molecular flexibility index (Phi) is 4.55. The van der Waals surface area contributed by atoms with E-state index >= 15 is 0 Å². The van der Waals surface area contributed by atoms with Gasteiger partial charge in [0.2, 0.25) is 0 Å². The zero-order chi connectivity index (χ0) is 17.9. The maximum atomic E-state index is 12.5. The summed E-state index contributed by atoms with van der Waals surface area (Å²) in [7, 11) is -3.63. The molecule has 0 fully saturated rings. The maximum Gasteiger partial charge on any atom is 0.261 e. The minimum absolute atomic E-state index is 0.224. The standard InChI is InChI=1S/C20H16N2O2S/c1-15-5-11-20(12-6-15)25(23,24)22-19-4-2-3-18(13-19)17-9-7-16(14-21)8-10-17/h2-13,22H,1H3. The summed E-state index contributed by atoms with van der Waals surface area (Å²) in [5, 5.41) is 8.87. The van der Waals surface area contributed by atoms with Crippen molar-refractivity contribution in [2.24, 2.45) is 0 Å². The van der Waals surface area contributed by atoms with Gasteiger partial charge in [-0.1, -0.05) is 42.0 Å². The van der Waals surface area contributed by atoms with Gasteiger partial charge in [-0.25, -0.2) is 8.42 Å². The van der Waals surface area contributed by atoms with E-state index in [1.54, 1.807) is 54.6 Å². The normalized spacial score (nSPS) is 10.9. The van der Waals surface area contributed by atoms with Gasteiger partial charge in [0.15, 0.2) is 0 Å². The van der Waals surface area contributed by atoms with Crippen LogP contribution in [0.4, 0.5) is 5.69 Å². The summed E-state index contributed by atoms with van der Waals surface area (Å²) < 4.78 is 27.6. The van der Waals surface area contributed by atoms with Crippen LogP contribution >= 0.6 is 0 Å². The fraction of sp³-hybridized carbons (Fsp3) is 0.0500. The lowest BCUT2D eigenvalue weighted by Gasteiger charge is -2.10. The van der Waals surface area contributed by atoms with Gasteiger partial charge in [0.25, 0.3) is 10.0 Å². The van der Waals surface area contributed by atoms with E-state index in [4.69, 9.17) is 5.26 Å². The van der Waals surface area contributed by atoms with Gasteiger partial charge in [0.05, 0.1) is 16.5 Å². The van der Waals surface area contributed by atoms with Gasteiger partial charge in [-0.05, 0) is 54.4 Å². The van der Waals surface area contributed by atoms with Gasteiger partial charge in [0.1, 0.15) is 0 Å². The van der Waals surface area contributed by atoms with Crippen LogP contribution in [0.1, 0.15) is 11.1 Å². The Bertz CT molecular complexity index is 1030. The van der Waals surface area contributed by atoms with Crippen molar-refractivity contribution in [3.63, 3.8) is 0 Å². The van der Waals surface area contributed by atoms with Gasteiger partial charge >= 0.3 is 0 Å². The molecule has 0 aromatic heterocycles. The third-order valence-corrected chi connectivity index (χ3v) is 5.19. The van der Waals surface area contributed by atoms with Crippen molar-refractivity contribution in [2.75, 3.05) is 4.72 Å². The average molecular weight is 348 g/mol. The Morgan fingerprint density at radius 3 is 2.20 bits per heavy atom. The molecule has 0 aliphatic carbocycles. The van der Waals surface area contributed by atoms with Gasteiger partial charge in [-0.2, -0.15) is 5.26 Å². The second-order valence-electron chi connectivity index (χ2n) is 5.69. The summed E-state index contributed by atoms with van der Waals surface area (Å²) in [6.45, 7) is 1.91. The molecule has 0 radical (unpaired) electrons. The lowest BCUT2D eigenvalue weighted by molar-refractivity contribution is 0.601. The van der Waals surface area contributed by atoms with Crippen LogP contribution in [0.5, 0.6) is 0 Å². The minimum atomic E-state index is -3.63. The molecule has 5 heteroatoms. The van der Waals surface area contributed by atoms with Crippen LogP contribution in [-0.2, 0) is 10.0 Å². The second kappa shape index (κ2) is 6.80. The topological polar surface area (TPSA) is 70.0 Å². The van der Waals surface area contributed by atoms with Crippen molar-refractivity contribution in [2.45, 2.75) is 11.8 Å². The molecule has 0 aliphatic rings. The van der Waals surface area contributed by atoms with Crippen LogP contribution in [0, 0.1) is 18.3 Å². The first-order chi connectivity index (χ1) is 12.0.